The summed E-state index contributed by atoms with van der Waals surface area (Å²) in [5.74, 6) is 0.321. The van der Waals surface area contributed by atoms with E-state index in [0.29, 0.717) is 57.5 Å². The molecular formula is C24H23Cl2F3N2O. The molecule has 1 atom stereocenters. The molecule has 0 N–H and O–H groups in total. The number of rotatable bonds is 3. The molecule has 2 aromatic carbocycles. The number of likely N-dealkylation sites (tertiary alicyclic amines) is 1. The average molecular weight is 483 g/mol. The zero-order valence-electron chi connectivity index (χ0n) is 17.8. The van der Waals surface area contributed by atoms with Crippen LogP contribution in [0.5, 0.6) is 0 Å². The number of nitrogens with zero attached hydrogens (tertiary/aromatic N) is 2. The van der Waals surface area contributed by atoms with Crippen LogP contribution in [0.1, 0.15) is 46.9 Å². The minimum atomic E-state index is -4.41. The number of halogens is 5. The quantitative estimate of drug-likeness (QED) is 0.395. The lowest BCUT2D eigenvalue weighted by atomic mass is 9.98. The molecular weight excluding hydrogens is 460 g/mol. The lowest BCUT2D eigenvalue weighted by molar-refractivity contribution is -0.137. The number of carbonyl (C=O) groups is 1. The average Bonchev–Trinajstić information content (AvgIpc) is 3.05. The van der Waals surface area contributed by atoms with Crippen LogP contribution in [-0.2, 0) is 19.6 Å². The molecule has 1 amide bonds. The highest BCUT2D eigenvalue weighted by atomic mass is 35.5. The molecule has 2 heterocycles. The van der Waals surface area contributed by atoms with Crippen LogP contribution in [0.25, 0.3) is 10.9 Å². The van der Waals surface area contributed by atoms with Crippen molar-refractivity contribution in [3.8, 4) is 0 Å². The van der Waals surface area contributed by atoms with Crippen molar-refractivity contribution >= 4 is 40.0 Å². The molecule has 8 heteroatoms. The molecule has 1 aliphatic heterocycles. The fourth-order valence-corrected chi connectivity index (χ4v) is 4.97. The smallest absolute Gasteiger partial charge is 0.347 e. The Hall–Kier alpha value is -2.18. The predicted octanol–water partition coefficient (Wildman–Crippen LogP) is 6.97. The van der Waals surface area contributed by atoms with E-state index < -0.39 is 11.7 Å². The fourth-order valence-electron chi connectivity index (χ4n) is 4.38. The first-order valence-corrected chi connectivity index (χ1v) is 11.2. The van der Waals surface area contributed by atoms with Crippen LogP contribution in [0.3, 0.4) is 0 Å². The normalized spacial score (nSPS) is 17.2. The summed E-state index contributed by atoms with van der Waals surface area (Å²) >= 11 is 13.1. The van der Waals surface area contributed by atoms with E-state index in [1.165, 1.54) is 6.07 Å². The number of aromatic nitrogens is 1. The van der Waals surface area contributed by atoms with Gasteiger partial charge in [-0.1, -0.05) is 36.2 Å². The summed E-state index contributed by atoms with van der Waals surface area (Å²) in [4.78, 5) is 14.9. The first kappa shape index (κ1) is 23.0. The van der Waals surface area contributed by atoms with Gasteiger partial charge in [-0.3, -0.25) is 4.79 Å². The number of hydrogen-bond donors (Lipinski definition) is 0. The summed E-state index contributed by atoms with van der Waals surface area (Å²) in [6.07, 6.45) is -2.06. The van der Waals surface area contributed by atoms with Crippen molar-refractivity contribution in [1.82, 2.24) is 9.47 Å². The van der Waals surface area contributed by atoms with Gasteiger partial charge in [0.15, 0.2) is 0 Å². The van der Waals surface area contributed by atoms with Gasteiger partial charge in [0, 0.05) is 42.8 Å². The van der Waals surface area contributed by atoms with Gasteiger partial charge in [-0.25, -0.2) is 0 Å². The standard InChI is InChI=1S/C24H23Cl2F3N2O/c1-14-4-3-9-31(13-14)23(32)18-7-8-20(25)19(22(18)26)12-17-10-15-5-6-16(24(27,28)29)11-21(15)30(17)2/h5-8,10-11,14H,3-4,9,12-13H2,1-2H3. The third-order valence-electron chi connectivity index (χ3n) is 6.19. The van der Waals surface area contributed by atoms with Gasteiger partial charge in [0.2, 0.25) is 0 Å². The molecule has 1 fully saturated rings. The van der Waals surface area contributed by atoms with Gasteiger partial charge >= 0.3 is 6.18 Å². The Morgan fingerprint density at radius 3 is 2.59 bits per heavy atom. The molecule has 1 aliphatic rings. The maximum Gasteiger partial charge on any atom is 0.416 e. The third-order valence-corrected chi connectivity index (χ3v) is 6.98. The summed E-state index contributed by atoms with van der Waals surface area (Å²) in [6, 6.07) is 8.80. The minimum absolute atomic E-state index is 0.119. The van der Waals surface area contributed by atoms with Gasteiger partial charge < -0.3 is 9.47 Å². The Morgan fingerprint density at radius 1 is 1.16 bits per heavy atom. The van der Waals surface area contributed by atoms with Crippen molar-refractivity contribution in [2.45, 2.75) is 32.4 Å². The molecule has 0 bridgehead atoms. The van der Waals surface area contributed by atoms with Gasteiger partial charge in [-0.2, -0.15) is 13.2 Å². The van der Waals surface area contributed by atoms with E-state index >= 15 is 0 Å². The molecule has 1 aromatic heterocycles. The second-order valence-corrected chi connectivity index (χ2v) is 9.31. The number of carbonyl (C=O) groups excluding carboxylic acids is 1. The molecule has 1 unspecified atom stereocenters. The maximum absolute atomic E-state index is 13.1. The van der Waals surface area contributed by atoms with Crippen molar-refractivity contribution in [3.63, 3.8) is 0 Å². The third kappa shape index (κ3) is 4.35. The first-order valence-electron chi connectivity index (χ1n) is 10.5. The maximum atomic E-state index is 13.1. The molecule has 0 radical (unpaired) electrons. The Bertz CT molecular complexity index is 1190. The van der Waals surface area contributed by atoms with Crippen LogP contribution < -0.4 is 0 Å². The lowest BCUT2D eigenvalue weighted by Crippen LogP contribution is -2.39. The van der Waals surface area contributed by atoms with E-state index in [1.54, 1.807) is 23.7 Å². The van der Waals surface area contributed by atoms with Crippen LogP contribution in [0.2, 0.25) is 10.0 Å². The fraction of sp³-hybridized carbons (Fsp3) is 0.375. The van der Waals surface area contributed by atoms with Gasteiger partial charge in [-0.15, -0.1) is 0 Å². The zero-order chi connectivity index (χ0) is 23.2. The second kappa shape index (κ2) is 8.64. The highest BCUT2D eigenvalue weighted by Gasteiger charge is 2.31. The number of amides is 1. The van der Waals surface area contributed by atoms with E-state index in [9.17, 15) is 18.0 Å². The Morgan fingerprint density at radius 2 is 1.91 bits per heavy atom. The molecule has 0 aliphatic carbocycles. The van der Waals surface area contributed by atoms with Crippen LogP contribution >= 0.6 is 23.2 Å². The van der Waals surface area contributed by atoms with Gasteiger partial charge in [0.1, 0.15) is 0 Å². The minimum Gasteiger partial charge on any atom is -0.347 e. The van der Waals surface area contributed by atoms with Crippen molar-refractivity contribution in [3.05, 3.63) is 68.8 Å². The summed E-state index contributed by atoms with van der Waals surface area (Å²) in [7, 11) is 1.71. The number of hydrogen-bond acceptors (Lipinski definition) is 1. The molecule has 32 heavy (non-hydrogen) atoms. The Balaban J connectivity index is 1.69. The first-order chi connectivity index (χ1) is 15.1. The summed E-state index contributed by atoms with van der Waals surface area (Å²) in [5.41, 5.74) is 1.51. The van der Waals surface area contributed by atoms with Gasteiger partial charge in [0.25, 0.3) is 5.91 Å². The molecule has 3 aromatic rings. The Kier molecular flexibility index (Phi) is 6.21. The summed E-state index contributed by atoms with van der Waals surface area (Å²) < 4.78 is 41.1. The van der Waals surface area contributed by atoms with E-state index in [-0.39, 0.29) is 5.91 Å². The van der Waals surface area contributed by atoms with Crippen LogP contribution in [-0.4, -0.2) is 28.5 Å². The summed E-state index contributed by atoms with van der Waals surface area (Å²) in [5, 5.41) is 1.40. The number of piperidine rings is 1. The predicted molar refractivity (Wildman–Crippen MR) is 121 cm³/mol. The lowest BCUT2D eigenvalue weighted by Gasteiger charge is -2.31. The van der Waals surface area contributed by atoms with Crippen molar-refractivity contribution < 1.29 is 18.0 Å². The van der Waals surface area contributed by atoms with Crippen LogP contribution in [0, 0.1) is 5.92 Å². The largest absolute Gasteiger partial charge is 0.416 e. The van der Waals surface area contributed by atoms with Crippen LogP contribution in [0.15, 0.2) is 36.4 Å². The molecule has 3 nitrogen and oxygen atoms in total. The van der Waals surface area contributed by atoms with Crippen molar-refractivity contribution in [2.24, 2.45) is 13.0 Å². The molecule has 1 saturated heterocycles. The van der Waals surface area contributed by atoms with Gasteiger partial charge in [0.05, 0.1) is 16.1 Å². The Labute approximate surface area is 194 Å². The summed E-state index contributed by atoms with van der Waals surface area (Å²) in [6.45, 7) is 3.51. The highest BCUT2D eigenvalue weighted by Crippen LogP contribution is 2.35. The van der Waals surface area contributed by atoms with Gasteiger partial charge in [-0.05, 0) is 60.0 Å². The van der Waals surface area contributed by atoms with Crippen LogP contribution in [0.4, 0.5) is 13.2 Å². The number of benzene rings is 2. The van der Waals surface area contributed by atoms with E-state index in [1.807, 2.05) is 11.0 Å². The number of aryl methyl sites for hydroxylation is 1. The molecule has 0 saturated carbocycles. The zero-order valence-corrected chi connectivity index (χ0v) is 19.3. The highest BCUT2D eigenvalue weighted by molar-refractivity contribution is 6.38. The SMILES string of the molecule is CC1CCCN(C(=O)c2ccc(Cl)c(Cc3cc4ccc(C(F)(F)F)cc4n3C)c2Cl)C1. The van der Waals surface area contributed by atoms with Crippen molar-refractivity contribution in [1.29, 1.82) is 0 Å². The molecule has 170 valence electrons. The topological polar surface area (TPSA) is 25.2 Å². The van der Waals surface area contributed by atoms with E-state index in [4.69, 9.17) is 23.2 Å². The monoisotopic (exact) mass is 482 g/mol. The molecule has 0 spiro atoms. The molecule has 4 rings (SSSR count). The van der Waals surface area contributed by atoms with E-state index in [0.717, 1.165) is 30.7 Å². The van der Waals surface area contributed by atoms with Crippen molar-refractivity contribution in [2.75, 3.05) is 13.1 Å². The number of alkyl halides is 3. The second-order valence-electron chi connectivity index (χ2n) is 8.53. The van der Waals surface area contributed by atoms with E-state index in [2.05, 4.69) is 6.92 Å². The number of fused-ring (bicyclic) bond motifs is 1.